The van der Waals surface area contributed by atoms with Crippen LogP contribution in [-0.2, 0) is 0 Å². The Hall–Kier alpha value is -3.87. The molecule has 0 saturated heterocycles. The quantitative estimate of drug-likeness (QED) is 0.368. The van der Waals surface area contributed by atoms with E-state index in [0.29, 0.717) is 17.8 Å². The molecule has 0 atom stereocenters. The molecular weight excluding hydrogens is 402 g/mol. The van der Waals surface area contributed by atoms with Crippen LogP contribution >= 0.6 is 0 Å². The second-order valence-corrected chi connectivity index (χ2v) is 8.26. The predicted molar refractivity (Wildman–Crippen MR) is 126 cm³/mol. The molecule has 3 aromatic heterocycles. The van der Waals surface area contributed by atoms with Crippen molar-refractivity contribution >= 4 is 33.8 Å². The van der Waals surface area contributed by atoms with Gasteiger partial charge in [0.05, 0.1) is 12.8 Å². The van der Waals surface area contributed by atoms with Crippen LogP contribution in [0.4, 0.5) is 11.8 Å². The summed E-state index contributed by atoms with van der Waals surface area (Å²) >= 11 is 0. The third-order valence-corrected chi connectivity index (χ3v) is 5.58. The lowest BCUT2D eigenvalue weighted by atomic mass is 10.0. The van der Waals surface area contributed by atoms with Crippen molar-refractivity contribution < 1.29 is 9.15 Å². The number of oxazole rings is 1. The topological polar surface area (TPSA) is 78.0 Å². The van der Waals surface area contributed by atoms with Gasteiger partial charge >= 0.3 is 6.01 Å². The number of nitrogens with one attached hydrogen (secondary N) is 1. The second kappa shape index (κ2) is 7.67. The minimum atomic E-state index is 0.414. The first-order valence-electron chi connectivity index (χ1n) is 10.6. The largest absolute Gasteiger partial charge is 0.494 e. The van der Waals surface area contributed by atoms with Crippen molar-refractivity contribution in [2.24, 2.45) is 0 Å². The zero-order valence-corrected chi connectivity index (χ0v) is 18.8. The number of rotatable bonds is 5. The van der Waals surface area contributed by atoms with Gasteiger partial charge in [-0.2, -0.15) is 14.8 Å². The Morgan fingerprint density at radius 1 is 1.03 bits per heavy atom. The van der Waals surface area contributed by atoms with Gasteiger partial charge in [0.1, 0.15) is 22.6 Å². The lowest BCUT2D eigenvalue weighted by Gasteiger charge is -2.11. The highest BCUT2D eigenvalue weighted by Crippen LogP contribution is 2.30. The molecule has 0 aliphatic rings. The number of fused-ring (bicyclic) bond motifs is 2. The van der Waals surface area contributed by atoms with Crippen LogP contribution < -0.4 is 10.1 Å². The van der Waals surface area contributed by atoms with E-state index in [1.807, 2.05) is 43.3 Å². The van der Waals surface area contributed by atoms with Gasteiger partial charge in [0.15, 0.2) is 11.4 Å². The minimum absolute atomic E-state index is 0.414. The van der Waals surface area contributed by atoms with Crippen LogP contribution in [0.1, 0.15) is 36.6 Å². The molecule has 3 heterocycles. The number of hydrogen-bond donors (Lipinski definition) is 1. The molecule has 162 valence electrons. The minimum Gasteiger partial charge on any atom is -0.494 e. The van der Waals surface area contributed by atoms with Crippen molar-refractivity contribution in [2.45, 2.75) is 33.6 Å². The van der Waals surface area contributed by atoms with E-state index in [4.69, 9.17) is 14.1 Å². The van der Waals surface area contributed by atoms with Gasteiger partial charge in [0, 0.05) is 11.5 Å². The fourth-order valence-electron chi connectivity index (χ4n) is 3.88. The molecule has 0 unspecified atom stereocenters. The molecular formula is C25H25N5O2. The Morgan fingerprint density at radius 3 is 2.66 bits per heavy atom. The van der Waals surface area contributed by atoms with E-state index in [1.165, 1.54) is 5.56 Å². The van der Waals surface area contributed by atoms with Gasteiger partial charge in [0.2, 0.25) is 0 Å². The normalized spacial score (nSPS) is 11.6. The molecule has 0 saturated carbocycles. The monoisotopic (exact) mass is 427 g/mol. The van der Waals surface area contributed by atoms with Crippen molar-refractivity contribution in [3.63, 3.8) is 0 Å². The fraction of sp³-hybridized carbons (Fsp3) is 0.240. The van der Waals surface area contributed by atoms with Crippen LogP contribution in [0.3, 0.4) is 0 Å². The maximum atomic E-state index is 5.93. The fourth-order valence-corrected chi connectivity index (χ4v) is 3.88. The summed E-state index contributed by atoms with van der Waals surface area (Å²) in [6.07, 6.45) is 0. The Kier molecular flexibility index (Phi) is 4.81. The van der Waals surface area contributed by atoms with Gasteiger partial charge in [-0.1, -0.05) is 32.0 Å². The standard InChI is InChI=1S/C25H25N5O2/c1-14(2)17-9-10-20-19(13-17)26-25(32-20)28-23-12-16(4)29-30(23)22-11-15(3)18-7-6-8-21(31-5)24(18)27-22/h6-14H,1-5H3,(H,26,28). The van der Waals surface area contributed by atoms with E-state index in [-0.39, 0.29) is 0 Å². The van der Waals surface area contributed by atoms with Crippen molar-refractivity contribution in [1.29, 1.82) is 0 Å². The SMILES string of the molecule is COc1cccc2c(C)cc(-n3nc(C)cc3Nc3nc4cc(C(C)C)ccc4o3)nc12. The summed E-state index contributed by atoms with van der Waals surface area (Å²) in [5, 5.41) is 8.98. The van der Waals surface area contributed by atoms with Gasteiger partial charge in [0.25, 0.3) is 0 Å². The molecule has 1 N–H and O–H groups in total. The number of nitrogens with zero attached hydrogens (tertiary/aromatic N) is 4. The lowest BCUT2D eigenvalue weighted by Crippen LogP contribution is -2.06. The second-order valence-electron chi connectivity index (χ2n) is 8.26. The highest BCUT2D eigenvalue weighted by Gasteiger charge is 2.16. The molecule has 0 radical (unpaired) electrons. The van der Waals surface area contributed by atoms with Crippen molar-refractivity contribution in [2.75, 3.05) is 12.4 Å². The van der Waals surface area contributed by atoms with Gasteiger partial charge in [-0.25, -0.2) is 4.98 Å². The van der Waals surface area contributed by atoms with Crippen LogP contribution in [0.25, 0.3) is 27.8 Å². The van der Waals surface area contributed by atoms with Crippen molar-refractivity contribution in [3.8, 4) is 11.6 Å². The molecule has 0 amide bonds. The van der Waals surface area contributed by atoms with Crippen LogP contribution in [0.2, 0.25) is 0 Å². The zero-order chi connectivity index (χ0) is 22.4. The van der Waals surface area contributed by atoms with Crippen molar-refractivity contribution in [1.82, 2.24) is 19.7 Å². The average molecular weight is 428 g/mol. The van der Waals surface area contributed by atoms with Crippen LogP contribution in [0, 0.1) is 13.8 Å². The highest BCUT2D eigenvalue weighted by atomic mass is 16.5. The maximum Gasteiger partial charge on any atom is 0.301 e. The number of benzene rings is 2. The first kappa shape index (κ1) is 20.1. The van der Waals surface area contributed by atoms with Crippen LogP contribution in [0.15, 0.2) is 52.9 Å². The summed E-state index contributed by atoms with van der Waals surface area (Å²) in [6.45, 7) is 8.32. The molecule has 0 fully saturated rings. The summed E-state index contributed by atoms with van der Waals surface area (Å²) in [7, 11) is 1.65. The number of methoxy groups -OCH3 is 1. The summed E-state index contributed by atoms with van der Waals surface area (Å²) in [5.74, 6) is 2.56. The van der Waals surface area contributed by atoms with Crippen LogP contribution in [0.5, 0.6) is 5.75 Å². The van der Waals surface area contributed by atoms with Gasteiger partial charge < -0.3 is 9.15 Å². The van der Waals surface area contributed by atoms with E-state index in [0.717, 1.165) is 44.8 Å². The van der Waals surface area contributed by atoms with E-state index in [9.17, 15) is 0 Å². The Morgan fingerprint density at radius 2 is 1.88 bits per heavy atom. The molecule has 0 aliphatic heterocycles. The van der Waals surface area contributed by atoms with Gasteiger partial charge in [-0.3, -0.25) is 5.32 Å². The number of aryl methyl sites for hydroxylation is 2. The summed E-state index contributed by atoms with van der Waals surface area (Å²) < 4.78 is 13.2. The predicted octanol–water partition coefficient (Wildman–Crippen LogP) is 6.05. The van der Waals surface area contributed by atoms with E-state index in [1.54, 1.807) is 11.8 Å². The molecule has 2 aromatic carbocycles. The number of ether oxygens (including phenoxy) is 1. The molecule has 0 bridgehead atoms. The highest BCUT2D eigenvalue weighted by molar-refractivity contribution is 5.88. The molecule has 5 rings (SSSR count). The van der Waals surface area contributed by atoms with Crippen molar-refractivity contribution in [3.05, 3.63) is 65.4 Å². The average Bonchev–Trinajstić information content (AvgIpc) is 3.35. The zero-order valence-electron chi connectivity index (χ0n) is 18.8. The molecule has 0 aliphatic carbocycles. The Bertz CT molecular complexity index is 1450. The number of anilines is 2. The molecule has 0 spiro atoms. The molecule has 32 heavy (non-hydrogen) atoms. The van der Waals surface area contributed by atoms with Crippen LogP contribution in [-0.4, -0.2) is 26.9 Å². The van der Waals surface area contributed by atoms with Gasteiger partial charge in [-0.15, -0.1) is 0 Å². The third kappa shape index (κ3) is 3.45. The summed E-state index contributed by atoms with van der Waals surface area (Å²) in [5.41, 5.74) is 5.53. The van der Waals surface area contributed by atoms with E-state index >= 15 is 0 Å². The Balaban J connectivity index is 1.57. The first-order chi connectivity index (χ1) is 15.4. The molecule has 7 heteroatoms. The van der Waals surface area contributed by atoms with Gasteiger partial charge in [-0.05, 0) is 55.2 Å². The van der Waals surface area contributed by atoms with E-state index < -0.39 is 0 Å². The maximum absolute atomic E-state index is 5.93. The number of hydrogen-bond acceptors (Lipinski definition) is 6. The lowest BCUT2D eigenvalue weighted by molar-refractivity contribution is 0.419. The summed E-state index contributed by atoms with van der Waals surface area (Å²) in [6, 6.07) is 16.4. The smallest absolute Gasteiger partial charge is 0.301 e. The molecule has 5 aromatic rings. The third-order valence-electron chi connectivity index (χ3n) is 5.58. The molecule has 7 nitrogen and oxygen atoms in total. The van der Waals surface area contributed by atoms with E-state index in [2.05, 4.69) is 48.3 Å². The first-order valence-corrected chi connectivity index (χ1v) is 10.6. The number of pyridine rings is 1. The number of aromatic nitrogens is 4. The Labute approximate surface area is 186 Å². The number of para-hydroxylation sites is 1. The summed E-state index contributed by atoms with van der Waals surface area (Å²) in [4.78, 5) is 9.48.